The summed E-state index contributed by atoms with van der Waals surface area (Å²) in [6.45, 7) is 3.44. The van der Waals surface area contributed by atoms with E-state index in [0.29, 0.717) is 28.8 Å². The van der Waals surface area contributed by atoms with Gasteiger partial charge in [0.15, 0.2) is 11.8 Å². The van der Waals surface area contributed by atoms with E-state index in [1.165, 1.54) is 16.0 Å². The summed E-state index contributed by atoms with van der Waals surface area (Å²) in [5, 5.41) is 15.4. The van der Waals surface area contributed by atoms with Crippen molar-refractivity contribution in [2.24, 2.45) is 0 Å². The largest absolute Gasteiger partial charge is 0.467 e. The van der Waals surface area contributed by atoms with Gasteiger partial charge in [-0.2, -0.15) is 4.80 Å². The van der Waals surface area contributed by atoms with Gasteiger partial charge in [0.05, 0.1) is 12.8 Å². The normalized spacial score (nSPS) is 14.7. The van der Waals surface area contributed by atoms with Crippen molar-refractivity contribution in [3.63, 3.8) is 0 Å². The van der Waals surface area contributed by atoms with Crippen LogP contribution >= 0.6 is 0 Å². The number of hydrogen-bond acceptors (Lipinski definition) is 8. The molecule has 11 heteroatoms. The minimum Gasteiger partial charge on any atom is -0.467 e. The lowest BCUT2D eigenvalue weighted by Gasteiger charge is -2.30. The molecule has 11 nitrogen and oxygen atoms in total. The van der Waals surface area contributed by atoms with Crippen molar-refractivity contribution in [2.75, 3.05) is 0 Å². The zero-order valence-corrected chi connectivity index (χ0v) is 20.2. The third-order valence-corrected chi connectivity index (χ3v) is 6.21. The minimum atomic E-state index is -0.993. The summed E-state index contributed by atoms with van der Waals surface area (Å²) in [7, 11) is 0. The van der Waals surface area contributed by atoms with Gasteiger partial charge in [0.25, 0.3) is 5.91 Å². The number of nitrogens with zero attached hydrogens (tertiary/aromatic N) is 5. The monoisotopic (exact) mass is 492 g/mol. The molecule has 1 atom stereocenters. The third-order valence-electron chi connectivity index (χ3n) is 6.21. The third kappa shape index (κ3) is 5.24. The molecule has 0 aliphatic heterocycles. The van der Waals surface area contributed by atoms with E-state index in [-0.39, 0.29) is 30.9 Å². The molecule has 0 bridgehead atoms. The maximum atomic E-state index is 13.7. The summed E-state index contributed by atoms with van der Waals surface area (Å²) in [4.78, 5) is 29.8. The quantitative estimate of drug-likeness (QED) is 0.375. The van der Waals surface area contributed by atoms with Gasteiger partial charge in [-0.05, 0) is 68.3 Å². The van der Waals surface area contributed by atoms with Crippen LogP contribution in [0.1, 0.15) is 54.8 Å². The predicted octanol–water partition coefficient (Wildman–Crippen LogP) is 3.56. The van der Waals surface area contributed by atoms with Crippen LogP contribution in [-0.2, 0) is 22.7 Å². The van der Waals surface area contributed by atoms with E-state index in [9.17, 15) is 9.59 Å². The van der Waals surface area contributed by atoms with Gasteiger partial charge in [-0.1, -0.05) is 12.8 Å². The highest BCUT2D eigenvalue weighted by Gasteiger charge is 2.36. The van der Waals surface area contributed by atoms with Crippen LogP contribution in [-0.4, -0.2) is 43.0 Å². The first-order chi connectivity index (χ1) is 17.5. The molecule has 1 aliphatic carbocycles. The Kier molecular flexibility index (Phi) is 6.70. The van der Waals surface area contributed by atoms with E-state index in [1.807, 2.05) is 6.92 Å². The van der Waals surface area contributed by atoms with E-state index in [1.54, 1.807) is 43.3 Å². The molecule has 0 spiro atoms. The lowest BCUT2D eigenvalue weighted by Crippen LogP contribution is -2.46. The number of aromatic nitrogens is 4. The number of furan rings is 3. The van der Waals surface area contributed by atoms with E-state index in [4.69, 9.17) is 13.3 Å². The van der Waals surface area contributed by atoms with Gasteiger partial charge in [0, 0.05) is 6.04 Å². The van der Waals surface area contributed by atoms with Gasteiger partial charge < -0.3 is 23.5 Å². The van der Waals surface area contributed by atoms with Crippen LogP contribution in [0.5, 0.6) is 0 Å². The smallest absolute Gasteiger partial charge is 0.250 e. The highest BCUT2D eigenvalue weighted by molar-refractivity contribution is 5.88. The summed E-state index contributed by atoms with van der Waals surface area (Å²) in [6.07, 6.45) is 5.50. The predicted molar refractivity (Wildman–Crippen MR) is 126 cm³/mol. The van der Waals surface area contributed by atoms with E-state index < -0.39 is 11.9 Å². The minimum absolute atomic E-state index is 0.0628. The molecule has 0 saturated heterocycles. The molecule has 4 aromatic rings. The summed E-state index contributed by atoms with van der Waals surface area (Å²) in [5.74, 6) is 2.30. The van der Waals surface area contributed by atoms with Gasteiger partial charge in [-0.15, -0.1) is 10.2 Å². The van der Waals surface area contributed by atoms with Crippen LogP contribution in [0.25, 0.3) is 11.6 Å². The SMILES string of the molecule is Cc1ccc(-c2nnn(CC(=O)N(Cc3ccco3)C(C(=O)NC3CCCC3)c3ccc(C)o3)n2)o1. The first kappa shape index (κ1) is 23.6. The Balaban J connectivity index is 1.43. The number of tetrazole rings is 1. The number of carbonyl (C=O) groups is 2. The summed E-state index contributed by atoms with van der Waals surface area (Å²) >= 11 is 0. The fourth-order valence-corrected chi connectivity index (χ4v) is 4.44. The lowest BCUT2D eigenvalue weighted by atomic mass is 10.1. The van der Waals surface area contributed by atoms with Crippen LogP contribution < -0.4 is 5.32 Å². The van der Waals surface area contributed by atoms with Crippen molar-refractivity contribution >= 4 is 11.8 Å². The fraction of sp³-hybridized carbons (Fsp3) is 0.400. The topological polar surface area (TPSA) is 132 Å². The molecule has 0 aromatic carbocycles. The van der Waals surface area contributed by atoms with Gasteiger partial charge in [-0.25, -0.2) is 0 Å². The second-order valence-electron chi connectivity index (χ2n) is 9.00. The van der Waals surface area contributed by atoms with Crippen molar-refractivity contribution in [2.45, 2.75) is 64.7 Å². The molecule has 5 rings (SSSR count). The molecule has 1 N–H and O–H groups in total. The van der Waals surface area contributed by atoms with Crippen molar-refractivity contribution in [1.29, 1.82) is 0 Å². The molecule has 2 amide bonds. The van der Waals surface area contributed by atoms with Gasteiger partial charge in [0.2, 0.25) is 11.7 Å². The number of rotatable bonds is 9. The van der Waals surface area contributed by atoms with Crippen LogP contribution in [0.2, 0.25) is 0 Å². The number of carbonyl (C=O) groups excluding carboxylic acids is 2. The number of aryl methyl sites for hydroxylation is 2. The van der Waals surface area contributed by atoms with Crippen molar-refractivity contribution < 1.29 is 22.8 Å². The number of hydrogen-bond donors (Lipinski definition) is 1. The Bertz CT molecular complexity index is 1310. The van der Waals surface area contributed by atoms with E-state index >= 15 is 0 Å². The summed E-state index contributed by atoms with van der Waals surface area (Å²) in [6, 6.07) is 9.61. The standard InChI is InChI=1S/C25H28N6O5/c1-16-9-11-20(35-16)23(25(33)26-18-6-3-4-7-18)30(14-19-8-5-13-34-19)22(32)15-31-28-24(27-29-31)21-12-10-17(2)36-21/h5,8-13,18,23H,3-4,6-7,14-15H2,1-2H3,(H,26,33). The summed E-state index contributed by atoms with van der Waals surface area (Å²) < 4.78 is 16.9. The van der Waals surface area contributed by atoms with Crippen LogP contribution in [0.4, 0.5) is 0 Å². The Labute approximate surface area is 207 Å². The highest BCUT2D eigenvalue weighted by Crippen LogP contribution is 2.28. The molecule has 1 unspecified atom stereocenters. The summed E-state index contributed by atoms with van der Waals surface area (Å²) in [5.41, 5.74) is 0. The average molecular weight is 493 g/mol. The van der Waals surface area contributed by atoms with Gasteiger partial charge in [0.1, 0.15) is 29.6 Å². The average Bonchev–Trinajstić information content (AvgIpc) is 3.66. The first-order valence-electron chi connectivity index (χ1n) is 12.0. The number of nitrogens with one attached hydrogen (secondary N) is 1. The van der Waals surface area contributed by atoms with E-state index in [2.05, 4.69) is 20.7 Å². The molecular formula is C25H28N6O5. The van der Waals surface area contributed by atoms with Crippen LogP contribution in [0.15, 0.2) is 55.9 Å². The lowest BCUT2D eigenvalue weighted by molar-refractivity contribution is -0.143. The van der Waals surface area contributed by atoms with Crippen LogP contribution in [0.3, 0.4) is 0 Å². The van der Waals surface area contributed by atoms with Gasteiger partial charge >= 0.3 is 0 Å². The molecule has 0 radical (unpaired) electrons. The Morgan fingerprint density at radius 3 is 2.56 bits per heavy atom. The maximum Gasteiger partial charge on any atom is 0.250 e. The highest BCUT2D eigenvalue weighted by atomic mass is 16.3. The Morgan fingerprint density at radius 2 is 1.89 bits per heavy atom. The Morgan fingerprint density at radius 1 is 1.11 bits per heavy atom. The molecule has 4 heterocycles. The second kappa shape index (κ2) is 10.2. The molecular weight excluding hydrogens is 464 g/mol. The van der Waals surface area contributed by atoms with Crippen molar-refractivity contribution in [3.8, 4) is 11.6 Å². The molecule has 1 fully saturated rings. The van der Waals surface area contributed by atoms with Crippen LogP contribution in [0, 0.1) is 13.8 Å². The molecule has 4 aromatic heterocycles. The fourth-order valence-electron chi connectivity index (χ4n) is 4.44. The van der Waals surface area contributed by atoms with Crippen molar-refractivity contribution in [1.82, 2.24) is 30.4 Å². The van der Waals surface area contributed by atoms with E-state index in [0.717, 1.165) is 25.7 Å². The molecule has 1 saturated carbocycles. The molecule has 188 valence electrons. The molecule has 36 heavy (non-hydrogen) atoms. The Hall–Kier alpha value is -4.15. The zero-order valence-electron chi connectivity index (χ0n) is 20.2. The number of amides is 2. The maximum absolute atomic E-state index is 13.7. The zero-order chi connectivity index (χ0) is 25.1. The molecule has 1 aliphatic rings. The second-order valence-corrected chi connectivity index (χ2v) is 9.00. The first-order valence-corrected chi connectivity index (χ1v) is 12.0. The van der Waals surface area contributed by atoms with Gasteiger partial charge in [-0.3, -0.25) is 9.59 Å². The van der Waals surface area contributed by atoms with Crippen molar-refractivity contribution in [3.05, 3.63) is 65.7 Å².